The van der Waals surface area contributed by atoms with Crippen molar-refractivity contribution >= 4 is 16.9 Å². The Hall–Kier alpha value is -3.42. The highest BCUT2D eigenvalue weighted by Gasteiger charge is 2.27. The van der Waals surface area contributed by atoms with Crippen molar-refractivity contribution in [2.75, 3.05) is 25.7 Å². The van der Waals surface area contributed by atoms with E-state index in [2.05, 4.69) is 9.97 Å². The van der Waals surface area contributed by atoms with E-state index in [0.29, 0.717) is 41.3 Å². The Morgan fingerprint density at radius 3 is 2.50 bits per heavy atom. The van der Waals surface area contributed by atoms with E-state index in [0.717, 1.165) is 11.1 Å². The Bertz CT molecular complexity index is 1130. The highest BCUT2D eigenvalue weighted by atomic mass is 16.5. The van der Waals surface area contributed by atoms with Crippen LogP contribution >= 0.6 is 0 Å². The van der Waals surface area contributed by atoms with Crippen LogP contribution in [0.1, 0.15) is 24.1 Å². The van der Waals surface area contributed by atoms with Crippen LogP contribution in [0.25, 0.3) is 10.9 Å². The van der Waals surface area contributed by atoms with Gasteiger partial charge in [0, 0.05) is 12.6 Å². The molecular weight excluding hydrogens is 362 g/mol. The summed E-state index contributed by atoms with van der Waals surface area (Å²) in [5, 5.41) is 20.0. The van der Waals surface area contributed by atoms with Crippen LogP contribution in [0, 0.1) is 0 Å². The molecule has 0 fully saturated rings. The summed E-state index contributed by atoms with van der Waals surface area (Å²) in [6, 6.07) is 6.34. The summed E-state index contributed by atoms with van der Waals surface area (Å²) in [6.07, 6.45) is 0.654. The molecule has 8 nitrogen and oxygen atoms in total. The van der Waals surface area contributed by atoms with E-state index < -0.39 is 0 Å². The van der Waals surface area contributed by atoms with Gasteiger partial charge in [0.25, 0.3) is 5.56 Å². The molecule has 28 heavy (non-hydrogen) atoms. The number of hydrogen-bond acceptors (Lipinski definition) is 7. The summed E-state index contributed by atoms with van der Waals surface area (Å²) in [7, 11) is 3.05. The van der Waals surface area contributed by atoms with Crippen molar-refractivity contribution in [3.63, 3.8) is 0 Å². The number of phenols is 2. The van der Waals surface area contributed by atoms with Crippen molar-refractivity contribution in [2.24, 2.45) is 0 Å². The number of nitrogens with one attached hydrogen (secondary N) is 1. The van der Waals surface area contributed by atoms with E-state index in [4.69, 9.17) is 9.47 Å². The maximum absolute atomic E-state index is 12.6. The molecule has 4 rings (SSSR count). The molecule has 1 atom stereocenters. The number of H-pyrrole nitrogens is 1. The lowest BCUT2D eigenvalue weighted by molar-refractivity contribution is 0.355. The first-order valence-corrected chi connectivity index (χ1v) is 8.90. The number of aromatic nitrogens is 2. The van der Waals surface area contributed by atoms with Gasteiger partial charge < -0.3 is 29.6 Å². The van der Waals surface area contributed by atoms with E-state index >= 15 is 0 Å². The van der Waals surface area contributed by atoms with Gasteiger partial charge in [0.05, 0.1) is 31.2 Å². The molecule has 1 unspecified atom stereocenters. The summed E-state index contributed by atoms with van der Waals surface area (Å²) < 4.78 is 10.6. The molecule has 2 aromatic carbocycles. The highest BCUT2D eigenvalue weighted by molar-refractivity contribution is 5.82. The molecule has 0 saturated heterocycles. The standard InChI is InChI=1S/C20H21N3O5/c1-10-12-7-16(25)15(24)6-11(12)4-5-23(10)20-21-14-9-18(28-3)17(27-2)8-13(14)19(26)22-20/h6-10,24-25H,4-5H2,1-3H3,(H,21,22,26). The van der Waals surface area contributed by atoms with Crippen molar-refractivity contribution in [1.29, 1.82) is 0 Å². The van der Waals surface area contributed by atoms with Gasteiger partial charge in [0.15, 0.2) is 23.0 Å². The van der Waals surface area contributed by atoms with E-state index in [1.807, 2.05) is 11.8 Å². The van der Waals surface area contributed by atoms with Crippen LogP contribution in [0.3, 0.4) is 0 Å². The van der Waals surface area contributed by atoms with Gasteiger partial charge in [-0.25, -0.2) is 0 Å². The maximum atomic E-state index is 12.6. The number of nitrogens with zero attached hydrogens (tertiary/aromatic N) is 2. The topological polar surface area (TPSA) is 108 Å². The van der Waals surface area contributed by atoms with E-state index in [-0.39, 0.29) is 23.1 Å². The molecule has 3 aromatic rings. The fourth-order valence-corrected chi connectivity index (χ4v) is 3.73. The fraction of sp³-hybridized carbons (Fsp3) is 0.300. The zero-order valence-corrected chi connectivity index (χ0v) is 15.8. The lowest BCUT2D eigenvalue weighted by atomic mass is 9.93. The number of hydrogen-bond donors (Lipinski definition) is 3. The highest BCUT2D eigenvalue weighted by Crippen LogP contribution is 2.38. The number of aromatic amines is 1. The first kappa shape index (κ1) is 18.0. The number of ether oxygens (including phenoxy) is 2. The maximum Gasteiger partial charge on any atom is 0.282 e. The van der Waals surface area contributed by atoms with Crippen molar-refractivity contribution in [1.82, 2.24) is 9.97 Å². The molecule has 0 aliphatic carbocycles. The minimum atomic E-state index is -0.365. The number of fused-ring (bicyclic) bond motifs is 2. The third kappa shape index (κ3) is 2.77. The largest absolute Gasteiger partial charge is 0.504 e. The van der Waals surface area contributed by atoms with Gasteiger partial charge in [-0.15, -0.1) is 0 Å². The van der Waals surface area contributed by atoms with E-state index in [1.54, 1.807) is 24.3 Å². The normalized spacial score (nSPS) is 16.1. The molecule has 2 heterocycles. The average Bonchev–Trinajstić information content (AvgIpc) is 2.68. The molecule has 146 valence electrons. The Labute approximate surface area is 161 Å². The lowest BCUT2D eigenvalue weighted by Gasteiger charge is -2.35. The first-order valence-electron chi connectivity index (χ1n) is 8.90. The Morgan fingerprint density at radius 2 is 1.79 bits per heavy atom. The summed E-state index contributed by atoms with van der Waals surface area (Å²) in [4.78, 5) is 22.0. The van der Waals surface area contributed by atoms with Crippen LogP contribution in [0.15, 0.2) is 29.1 Å². The van der Waals surface area contributed by atoms with Crippen LogP contribution in [0.5, 0.6) is 23.0 Å². The molecule has 0 bridgehead atoms. The number of benzene rings is 2. The molecule has 0 radical (unpaired) electrons. The van der Waals surface area contributed by atoms with Crippen LogP contribution in [0.4, 0.5) is 5.95 Å². The van der Waals surface area contributed by atoms with Crippen molar-refractivity contribution in [3.05, 3.63) is 45.7 Å². The average molecular weight is 383 g/mol. The van der Waals surface area contributed by atoms with Gasteiger partial charge in [-0.2, -0.15) is 4.98 Å². The second kappa shape index (κ2) is 6.63. The third-order valence-corrected chi connectivity index (χ3v) is 5.26. The second-order valence-corrected chi connectivity index (χ2v) is 6.78. The number of phenolic OH excluding ortho intramolecular Hbond substituents is 2. The molecule has 1 aromatic heterocycles. The third-order valence-electron chi connectivity index (χ3n) is 5.26. The molecule has 0 amide bonds. The summed E-state index contributed by atoms with van der Waals surface area (Å²) in [5.74, 6) is 1.13. The predicted molar refractivity (Wildman–Crippen MR) is 105 cm³/mol. The minimum absolute atomic E-state index is 0.127. The van der Waals surface area contributed by atoms with Gasteiger partial charge in [-0.05, 0) is 42.7 Å². The lowest BCUT2D eigenvalue weighted by Crippen LogP contribution is -2.36. The van der Waals surface area contributed by atoms with E-state index in [9.17, 15) is 15.0 Å². The van der Waals surface area contributed by atoms with Crippen molar-refractivity contribution in [3.8, 4) is 23.0 Å². The number of anilines is 1. The number of aromatic hydroxyl groups is 2. The number of rotatable bonds is 3. The second-order valence-electron chi connectivity index (χ2n) is 6.78. The molecule has 1 aliphatic rings. The zero-order valence-electron chi connectivity index (χ0n) is 15.8. The molecule has 8 heteroatoms. The van der Waals surface area contributed by atoms with Crippen LogP contribution in [0.2, 0.25) is 0 Å². The van der Waals surface area contributed by atoms with Gasteiger partial charge >= 0.3 is 0 Å². The van der Waals surface area contributed by atoms with Gasteiger partial charge in [-0.3, -0.25) is 4.79 Å². The summed E-state index contributed by atoms with van der Waals surface area (Å²) in [5.41, 5.74) is 2.08. The van der Waals surface area contributed by atoms with Gasteiger partial charge in [0.1, 0.15) is 0 Å². The molecular formula is C20H21N3O5. The first-order chi connectivity index (χ1) is 13.4. The smallest absolute Gasteiger partial charge is 0.282 e. The Morgan fingerprint density at radius 1 is 1.11 bits per heavy atom. The minimum Gasteiger partial charge on any atom is -0.504 e. The number of methoxy groups -OCH3 is 2. The monoisotopic (exact) mass is 383 g/mol. The Kier molecular flexibility index (Phi) is 4.26. The van der Waals surface area contributed by atoms with Crippen LogP contribution < -0.4 is 19.9 Å². The Balaban J connectivity index is 1.81. The van der Waals surface area contributed by atoms with Gasteiger partial charge in [0.2, 0.25) is 5.95 Å². The fourth-order valence-electron chi connectivity index (χ4n) is 3.73. The van der Waals surface area contributed by atoms with Crippen molar-refractivity contribution in [2.45, 2.75) is 19.4 Å². The van der Waals surface area contributed by atoms with E-state index in [1.165, 1.54) is 14.2 Å². The SMILES string of the molecule is COc1cc2[nH]c(N3CCc4cc(O)c(O)cc4C3C)nc(=O)c2cc1OC. The predicted octanol–water partition coefficient (Wildman–Crippen LogP) is 2.48. The van der Waals surface area contributed by atoms with Crippen LogP contribution in [-0.4, -0.2) is 40.9 Å². The van der Waals surface area contributed by atoms with Gasteiger partial charge in [-0.1, -0.05) is 0 Å². The van der Waals surface area contributed by atoms with Crippen LogP contribution in [-0.2, 0) is 6.42 Å². The molecule has 0 spiro atoms. The van der Waals surface area contributed by atoms with Crippen molar-refractivity contribution < 1.29 is 19.7 Å². The quantitative estimate of drug-likeness (QED) is 0.596. The molecule has 3 N–H and O–H groups in total. The molecule has 0 saturated carbocycles. The summed E-state index contributed by atoms with van der Waals surface area (Å²) in [6.45, 7) is 2.58. The zero-order chi connectivity index (χ0) is 20.0. The molecule has 1 aliphatic heterocycles. The summed E-state index contributed by atoms with van der Waals surface area (Å²) >= 11 is 0.